The second kappa shape index (κ2) is 9.15. The van der Waals surface area contributed by atoms with Crippen LogP contribution in [0.5, 0.6) is 0 Å². The van der Waals surface area contributed by atoms with Crippen molar-refractivity contribution < 1.29 is 22.9 Å². The summed E-state index contributed by atoms with van der Waals surface area (Å²) in [5, 5.41) is 14.2. The van der Waals surface area contributed by atoms with Gasteiger partial charge in [-0.2, -0.15) is 0 Å². The predicted molar refractivity (Wildman–Crippen MR) is 108 cm³/mol. The molecule has 0 spiro atoms. The molecular weight excluding hydrogens is 396 g/mol. The highest BCUT2D eigenvalue weighted by Gasteiger charge is 2.28. The van der Waals surface area contributed by atoms with E-state index in [1.165, 1.54) is 6.07 Å². The minimum atomic E-state index is -3.97. The Bertz CT molecular complexity index is 982. The van der Waals surface area contributed by atoms with Crippen molar-refractivity contribution in [3.05, 3.63) is 69.8 Å². The molecule has 0 heterocycles. The van der Waals surface area contributed by atoms with Gasteiger partial charge in [0.05, 0.1) is 10.5 Å². The summed E-state index contributed by atoms with van der Waals surface area (Å²) in [7, 11) is -3.97. The molecule has 0 aromatic heterocycles. The van der Waals surface area contributed by atoms with Crippen molar-refractivity contribution in [2.75, 3.05) is 12.4 Å². The Morgan fingerprint density at radius 2 is 1.79 bits per heavy atom. The van der Waals surface area contributed by atoms with Gasteiger partial charge in [0, 0.05) is 12.6 Å². The largest absolute Gasteiger partial charge is 0.456 e. The molecule has 156 valence electrons. The van der Waals surface area contributed by atoms with Crippen LogP contribution in [0, 0.1) is 10.1 Å². The molecule has 8 nitrogen and oxygen atoms in total. The number of benzene rings is 2. The van der Waals surface area contributed by atoms with Gasteiger partial charge in [0.15, 0.2) is 9.84 Å². The second-order valence-corrected chi connectivity index (χ2v) is 9.39. The summed E-state index contributed by atoms with van der Waals surface area (Å²) in [6, 6.07) is 12.8. The third-order valence-corrected chi connectivity index (χ3v) is 5.45. The van der Waals surface area contributed by atoms with Crippen LogP contribution in [-0.4, -0.2) is 37.3 Å². The summed E-state index contributed by atoms with van der Waals surface area (Å²) in [6.45, 7) is 5.39. The maximum absolute atomic E-state index is 12.6. The van der Waals surface area contributed by atoms with Gasteiger partial charge >= 0.3 is 5.97 Å². The molecular formula is C20H24N2O6S. The molecule has 0 radical (unpaired) electrons. The highest BCUT2D eigenvalue weighted by Crippen LogP contribution is 2.26. The lowest BCUT2D eigenvalue weighted by atomic mass is 10.1. The summed E-state index contributed by atoms with van der Waals surface area (Å²) in [4.78, 5) is 22.3. The third kappa shape index (κ3) is 6.65. The Kier molecular flexibility index (Phi) is 7.10. The van der Waals surface area contributed by atoms with Gasteiger partial charge in [-0.05, 0) is 44.9 Å². The van der Waals surface area contributed by atoms with Gasteiger partial charge in [0.1, 0.15) is 16.4 Å². The summed E-state index contributed by atoms with van der Waals surface area (Å²) in [5.41, 5.74) is -0.467. The molecule has 9 heteroatoms. The molecule has 0 atom stereocenters. The van der Waals surface area contributed by atoms with Crippen molar-refractivity contribution in [3.8, 4) is 0 Å². The van der Waals surface area contributed by atoms with E-state index in [2.05, 4.69) is 5.32 Å². The lowest BCUT2D eigenvalue weighted by molar-refractivity contribution is -0.387. The molecule has 0 unspecified atom stereocenters. The van der Waals surface area contributed by atoms with Crippen molar-refractivity contribution >= 4 is 21.5 Å². The molecule has 29 heavy (non-hydrogen) atoms. The van der Waals surface area contributed by atoms with E-state index in [9.17, 15) is 23.3 Å². The molecule has 0 saturated carbocycles. The fourth-order valence-electron chi connectivity index (χ4n) is 2.55. The van der Waals surface area contributed by atoms with Crippen LogP contribution in [0.25, 0.3) is 0 Å². The first-order valence-electron chi connectivity index (χ1n) is 8.99. The smallest absolute Gasteiger partial charge is 0.338 e. The highest BCUT2D eigenvalue weighted by atomic mass is 32.2. The van der Waals surface area contributed by atoms with E-state index in [1.807, 2.05) is 30.3 Å². The van der Waals surface area contributed by atoms with E-state index in [0.717, 1.165) is 17.7 Å². The topological polar surface area (TPSA) is 116 Å². The van der Waals surface area contributed by atoms with Crippen LogP contribution in [0.2, 0.25) is 0 Å². The molecule has 0 saturated heterocycles. The number of carbonyl (C=O) groups is 1. The van der Waals surface area contributed by atoms with Gasteiger partial charge in [-0.15, -0.1) is 0 Å². The number of sulfone groups is 1. The zero-order valence-electron chi connectivity index (χ0n) is 16.5. The summed E-state index contributed by atoms with van der Waals surface area (Å²) >= 11 is 0. The number of hydrogen-bond donors (Lipinski definition) is 1. The van der Waals surface area contributed by atoms with Gasteiger partial charge in [-0.25, -0.2) is 13.2 Å². The number of ether oxygens (including phenoxy) is 1. The van der Waals surface area contributed by atoms with Gasteiger partial charge in [0.25, 0.3) is 5.69 Å². The van der Waals surface area contributed by atoms with Crippen molar-refractivity contribution in [1.82, 2.24) is 5.32 Å². The molecule has 2 rings (SSSR count). The number of nitro benzene ring substituents is 1. The zero-order valence-corrected chi connectivity index (χ0v) is 17.4. The van der Waals surface area contributed by atoms with Crippen molar-refractivity contribution in [3.63, 3.8) is 0 Å². The first kappa shape index (κ1) is 22.5. The summed E-state index contributed by atoms with van der Waals surface area (Å²) in [6.07, 6.45) is 0.621. The molecule has 2 aromatic carbocycles. The number of rotatable bonds is 8. The van der Waals surface area contributed by atoms with Crippen molar-refractivity contribution in [1.29, 1.82) is 0 Å². The van der Waals surface area contributed by atoms with Crippen LogP contribution < -0.4 is 5.32 Å². The van der Waals surface area contributed by atoms with Crippen LogP contribution in [0.1, 0.15) is 36.7 Å². The summed E-state index contributed by atoms with van der Waals surface area (Å²) in [5.74, 6) is -1.21. The molecule has 0 aliphatic heterocycles. The maximum atomic E-state index is 12.6. The minimum Gasteiger partial charge on any atom is -0.456 e. The van der Waals surface area contributed by atoms with E-state index in [4.69, 9.17) is 4.74 Å². The van der Waals surface area contributed by atoms with Gasteiger partial charge < -0.3 is 10.1 Å². The highest BCUT2D eigenvalue weighted by molar-refractivity contribution is 7.91. The van der Waals surface area contributed by atoms with E-state index in [0.29, 0.717) is 13.0 Å². The number of nitrogens with zero attached hydrogens (tertiary/aromatic N) is 1. The fraction of sp³-hybridized carbons (Fsp3) is 0.350. The van der Waals surface area contributed by atoms with Crippen molar-refractivity contribution in [2.24, 2.45) is 0 Å². The molecule has 0 amide bonds. The van der Waals surface area contributed by atoms with Gasteiger partial charge in [0.2, 0.25) is 0 Å². The number of esters is 1. The molecule has 0 fully saturated rings. The Morgan fingerprint density at radius 3 is 2.38 bits per heavy atom. The monoisotopic (exact) mass is 420 g/mol. The molecule has 2 aromatic rings. The van der Waals surface area contributed by atoms with Gasteiger partial charge in [-0.1, -0.05) is 30.3 Å². The number of nitrogens with one attached hydrogen (secondary N) is 1. The molecule has 1 N–H and O–H groups in total. The average Bonchev–Trinajstić information content (AvgIpc) is 2.64. The number of nitro groups is 1. The Balaban J connectivity index is 2.14. The minimum absolute atomic E-state index is 0.0809. The maximum Gasteiger partial charge on any atom is 0.338 e. The van der Waals surface area contributed by atoms with E-state index in [-0.39, 0.29) is 5.56 Å². The van der Waals surface area contributed by atoms with Crippen LogP contribution in [0.4, 0.5) is 5.69 Å². The van der Waals surface area contributed by atoms with E-state index >= 15 is 0 Å². The van der Waals surface area contributed by atoms with Crippen LogP contribution in [0.3, 0.4) is 0 Å². The Labute approximate surface area is 170 Å². The van der Waals surface area contributed by atoms with Crippen LogP contribution in [-0.2, 0) is 21.0 Å². The lowest BCUT2D eigenvalue weighted by Crippen LogP contribution is -2.26. The fourth-order valence-corrected chi connectivity index (χ4v) is 3.84. The third-order valence-electron chi connectivity index (χ3n) is 3.85. The van der Waals surface area contributed by atoms with Crippen molar-refractivity contribution in [2.45, 2.75) is 37.7 Å². The zero-order chi connectivity index (χ0) is 21.7. The normalized spacial score (nSPS) is 11.8. The molecule has 0 aliphatic carbocycles. The molecule has 0 aliphatic rings. The average molecular weight is 420 g/mol. The number of carbonyl (C=O) groups excluding carboxylic acids is 1. The Hall–Kier alpha value is -2.78. The van der Waals surface area contributed by atoms with E-state index < -0.39 is 42.8 Å². The lowest BCUT2D eigenvalue weighted by Gasteiger charge is -2.19. The van der Waals surface area contributed by atoms with Crippen LogP contribution >= 0.6 is 0 Å². The van der Waals surface area contributed by atoms with Crippen LogP contribution in [0.15, 0.2) is 53.4 Å². The summed E-state index contributed by atoms with van der Waals surface area (Å²) < 4.78 is 30.4. The van der Waals surface area contributed by atoms with E-state index in [1.54, 1.807) is 20.8 Å². The first-order valence-corrected chi connectivity index (χ1v) is 10.6. The second-order valence-electron chi connectivity index (χ2n) is 7.44. The standard InChI is InChI=1S/C20H24N2O6S/c1-20(2,3)28-19(23)16-9-10-18(17(13-16)22(24)25)29(26,27)14-21-12-11-15-7-5-4-6-8-15/h4-10,13,21H,11-12,14H2,1-3H3. The quantitative estimate of drug-likeness (QED) is 0.302. The molecule has 0 bridgehead atoms. The SMILES string of the molecule is CC(C)(C)OC(=O)c1ccc(S(=O)(=O)CNCCc2ccccc2)c([N+](=O)[O-])c1. The predicted octanol–water partition coefficient (Wildman–Crippen LogP) is 3.11. The number of hydrogen-bond acceptors (Lipinski definition) is 7. The Morgan fingerprint density at radius 1 is 1.14 bits per heavy atom. The van der Waals surface area contributed by atoms with Gasteiger partial charge in [-0.3, -0.25) is 10.1 Å². The first-order chi connectivity index (χ1) is 13.5.